The zero-order valence-electron chi connectivity index (χ0n) is 15.4. The summed E-state index contributed by atoms with van der Waals surface area (Å²) in [4.78, 5) is 33.0. The third-order valence-corrected chi connectivity index (χ3v) is 5.02. The lowest BCUT2D eigenvalue weighted by molar-refractivity contribution is -0.158. The van der Waals surface area contributed by atoms with Crippen molar-refractivity contribution >= 4 is 28.5 Å². The molecular formula is C19H12ClF5N4O2. The minimum absolute atomic E-state index is 0.0776. The van der Waals surface area contributed by atoms with Crippen LogP contribution in [-0.4, -0.2) is 32.7 Å². The molecule has 1 aliphatic rings. The molecule has 3 aromatic heterocycles. The molecule has 3 heterocycles. The molecule has 0 aliphatic heterocycles. The number of pyridine rings is 3. The fraction of sp³-hybridized carbons (Fsp3) is 0.263. The summed E-state index contributed by atoms with van der Waals surface area (Å²) in [5.74, 6) is -4.71. The van der Waals surface area contributed by atoms with Gasteiger partial charge < -0.3 is 5.32 Å². The van der Waals surface area contributed by atoms with E-state index in [1.165, 1.54) is 12.1 Å². The second kappa shape index (κ2) is 7.56. The Morgan fingerprint density at radius 3 is 2.58 bits per heavy atom. The zero-order chi connectivity index (χ0) is 22.5. The smallest absolute Gasteiger partial charge is 0.340 e. The summed E-state index contributed by atoms with van der Waals surface area (Å²) in [6.45, 7) is 0. The monoisotopic (exact) mass is 458 g/mol. The molecule has 3 aromatic rings. The summed E-state index contributed by atoms with van der Waals surface area (Å²) in [7, 11) is 0. The van der Waals surface area contributed by atoms with E-state index < -0.39 is 52.5 Å². The first-order chi connectivity index (χ1) is 14.6. The number of nitrogens with one attached hydrogen (secondary N) is 1. The molecule has 0 radical (unpaired) electrons. The van der Waals surface area contributed by atoms with Crippen LogP contribution in [0.15, 0.2) is 35.4 Å². The molecule has 1 unspecified atom stereocenters. The first kappa shape index (κ1) is 21.2. The summed E-state index contributed by atoms with van der Waals surface area (Å²) in [6, 6.07) is 0.828. The third kappa shape index (κ3) is 4.09. The lowest BCUT2D eigenvalue weighted by atomic mass is 10.1. The molecule has 4 rings (SSSR count). The number of carbonyl (C=O) groups is 1. The molecule has 1 atom stereocenters. The Balaban J connectivity index is 1.88. The Morgan fingerprint density at radius 1 is 1.26 bits per heavy atom. The van der Waals surface area contributed by atoms with Crippen molar-refractivity contribution in [3.8, 4) is 5.82 Å². The van der Waals surface area contributed by atoms with Gasteiger partial charge >= 0.3 is 6.18 Å². The number of amides is 1. The van der Waals surface area contributed by atoms with Gasteiger partial charge in [0.25, 0.3) is 5.91 Å². The van der Waals surface area contributed by atoms with E-state index in [0.29, 0.717) is 25.1 Å². The molecular weight excluding hydrogens is 447 g/mol. The average Bonchev–Trinajstić information content (AvgIpc) is 3.51. The van der Waals surface area contributed by atoms with E-state index in [0.717, 1.165) is 10.8 Å². The van der Waals surface area contributed by atoms with Crippen LogP contribution in [0.5, 0.6) is 0 Å². The van der Waals surface area contributed by atoms with E-state index in [-0.39, 0.29) is 16.2 Å². The van der Waals surface area contributed by atoms with Gasteiger partial charge in [-0.3, -0.25) is 14.2 Å². The van der Waals surface area contributed by atoms with E-state index in [1.807, 2.05) is 5.32 Å². The maximum atomic E-state index is 14.4. The Kier molecular flexibility index (Phi) is 5.16. The third-order valence-electron chi connectivity index (χ3n) is 4.81. The lowest BCUT2D eigenvalue weighted by Crippen LogP contribution is -2.48. The predicted molar refractivity (Wildman–Crippen MR) is 100 cm³/mol. The van der Waals surface area contributed by atoms with Crippen LogP contribution in [0.2, 0.25) is 5.15 Å². The maximum absolute atomic E-state index is 14.4. The maximum Gasteiger partial charge on any atom is 0.408 e. The van der Waals surface area contributed by atoms with Gasteiger partial charge in [-0.25, -0.2) is 18.7 Å². The minimum atomic E-state index is -4.70. The van der Waals surface area contributed by atoms with Gasteiger partial charge in [-0.05, 0) is 30.9 Å². The second-order valence-electron chi connectivity index (χ2n) is 7.04. The minimum Gasteiger partial charge on any atom is -0.340 e. The van der Waals surface area contributed by atoms with Gasteiger partial charge in [0.1, 0.15) is 22.6 Å². The summed E-state index contributed by atoms with van der Waals surface area (Å²) in [5.41, 5.74) is -1.81. The molecule has 0 saturated heterocycles. The molecule has 6 nitrogen and oxygen atoms in total. The lowest BCUT2D eigenvalue weighted by Gasteiger charge is -2.21. The molecule has 12 heteroatoms. The van der Waals surface area contributed by atoms with Gasteiger partial charge in [0.15, 0.2) is 17.3 Å². The number of halogens is 6. The highest BCUT2D eigenvalue weighted by molar-refractivity contribution is 6.29. The van der Waals surface area contributed by atoms with E-state index in [9.17, 15) is 31.5 Å². The van der Waals surface area contributed by atoms with Gasteiger partial charge in [-0.15, -0.1) is 0 Å². The van der Waals surface area contributed by atoms with Crippen LogP contribution < -0.4 is 10.7 Å². The standard InChI is InChI=1S/C19H12ClF5N4O2/c20-13-4-3-10-14(30)11(18(31)28-15(8-1-2-8)19(23,24)25)7-29(16(10)27-13)17-12(22)5-9(21)6-26-17/h3-8,15H,1-2H2,(H,28,31). The summed E-state index contributed by atoms with van der Waals surface area (Å²) in [6.07, 6.45) is -2.61. The van der Waals surface area contributed by atoms with Crippen molar-refractivity contribution in [2.45, 2.75) is 25.1 Å². The molecule has 0 aromatic carbocycles. The molecule has 31 heavy (non-hydrogen) atoms. The number of aromatic nitrogens is 3. The fourth-order valence-corrected chi connectivity index (χ4v) is 3.35. The predicted octanol–water partition coefficient (Wildman–Crippen LogP) is 3.78. The van der Waals surface area contributed by atoms with Gasteiger partial charge in [-0.2, -0.15) is 13.2 Å². The quantitative estimate of drug-likeness (QED) is 0.477. The van der Waals surface area contributed by atoms with Gasteiger partial charge in [0.2, 0.25) is 5.43 Å². The molecule has 1 aliphatic carbocycles. The highest BCUT2D eigenvalue weighted by Crippen LogP contribution is 2.40. The van der Waals surface area contributed by atoms with Gasteiger partial charge in [0.05, 0.1) is 11.6 Å². The number of carbonyl (C=O) groups excluding carboxylic acids is 1. The first-order valence-corrected chi connectivity index (χ1v) is 9.35. The Hall–Kier alpha value is -3.08. The highest BCUT2D eigenvalue weighted by atomic mass is 35.5. The molecule has 162 valence electrons. The summed E-state index contributed by atoms with van der Waals surface area (Å²) >= 11 is 5.85. The van der Waals surface area contributed by atoms with Crippen LogP contribution in [0, 0.1) is 17.6 Å². The van der Waals surface area contributed by atoms with Crippen molar-refractivity contribution in [2.75, 3.05) is 0 Å². The van der Waals surface area contributed by atoms with Crippen molar-refractivity contribution in [1.29, 1.82) is 0 Å². The van der Waals surface area contributed by atoms with E-state index in [4.69, 9.17) is 11.6 Å². The SMILES string of the molecule is O=C(NC(C1CC1)C(F)(F)F)c1cn(-c2ncc(F)cc2F)c2nc(Cl)ccc2c1=O. The number of rotatable bonds is 4. The average molecular weight is 459 g/mol. The first-order valence-electron chi connectivity index (χ1n) is 8.97. The van der Waals surface area contributed by atoms with Crippen molar-refractivity contribution < 1.29 is 26.7 Å². The van der Waals surface area contributed by atoms with Crippen LogP contribution in [0.3, 0.4) is 0 Å². The van der Waals surface area contributed by atoms with E-state index in [1.54, 1.807) is 0 Å². The molecule has 0 bridgehead atoms. The molecule has 1 fully saturated rings. The van der Waals surface area contributed by atoms with Crippen LogP contribution in [0.1, 0.15) is 23.2 Å². The number of hydrogen-bond acceptors (Lipinski definition) is 4. The van der Waals surface area contributed by atoms with Crippen LogP contribution in [0.4, 0.5) is 22.0 Å². The second-order valence-corrected chi connectivity index (χ2v) is 7.42. The molecule has 1 amide bonds. The zero-order valence-corrected chi connectivity index (χ0v) is 16.1. The largest absolute Gasteiger partial charge is 0.408 e. The van der Waals surface area contributed by atoms with Crippen LogP contribution in [0.25, 0.3) is 16.9 Å². The Morgan fingerprint density at radius 2 is 1.97 bits per heavy atom. The number of hydrogen-bond donors (Lipinski definition) is 1. The van der Waals surface area contributed by atoms with Gasteiger partial charge in [-0.1, -0.05) is 11.6 Å². The Labute approximate surface area is 175 Å². The van der Waals surface area contributed by atoms with Crippen molar-refractivity contribution in [1.82, 2.24) is 19.9 Å². The van der Waals surface area contributed by atoms with Crippen molar-refractivity contribution in [3.63, 3.8) is 0 Å². The Bertz CT molecular complexity index is 1260. The van der Waals surface area contributed by atoms with Crippen LogP contribution >= 0.6 is 11.6 Å². The molecule has 1 saturated carbocycles. The topological polar surface area (TPSA) is 76.9 Å². The fourth-order valence-electron chi connectivity index (χ4n) is 3.20. The summed E-state index contributed by atoms with van der Waals surface area (Å²) in [5, 5.41) is 1.57. The van der Waals surface area contributed by atoms with E-state index in [2.05, 4.69) is 9.97 Å². The normalized spacial score (nSPS) is 15.2. The summed E-state index contributed by atoms with van der Waals surface area (Å²) < 4.78 is 68.4. The molecule has 0 spiro atoms. The highest BCUT2D eigenvalue weighted by Gasteiger charge is 2.49. The number of fused-ring (bicyclic) bond motifs is 1. The number of alkyl halides is 3. The van der Waals surface area contributed by atoms with E-state index >= 15 is 0 Å². The number of nitrogens with zero attached hydrogens (tertiary/aromatic N) is 3. The molecule has 1 N–H and O–H groups in total. The van der Waals surface area contributed by atoms with Crippen molar-refractivity contribution in [2.24, 2.45) is 5.92 Å². The van der Waals surface area contributed by atoms with Gasteiger partial charge in [0, 0.05) is 12.3 Å². The van der Waals surface area contributed by atoms with Crippen molar-refractivity contribution in [3.05, 3.63) is 63.2 Å². The van der Waals surface area contributed by atoms with Crippen LogP contribution in [-0.2, 0) is 0 Å².